The Morgan fingerprint density at radius 3 is 2.50 bits per heavy atom. The van der Waals surface area contributed by atoms with E-state index in [9.17, 15) is 18.0 Å². The van der Waals surface area contributed by atoms with Crippen molar-refractivity contribution in [3.63, 3.8) is 0 Å². The lowest BCUT2D eigenvalue weighted by molar-refractivity contribution is -0.140. The summed E-state index contributed by atoms with van der Waals surface area (Å²) in [6.45, 7) is -0.00879. The first-order chi connectivity index (χ1) is 9.22. The normalized spacial score (nSPS) is 21.9. The third-order valence-electron chi connectivity index (χ3n) is 2.92. The molecule has 2 atom stereocenters. The number of sulfonamides is 1. The lowest BCUT2D eigenvalue weighted by atomic mass is 10.1. The predicted octanol–water partition coefficient (Wildman–Crippen LogP) is -0.794. The number of amides is 2. The molecule has 2 unspecified atom stereocenters. The van der Waals surface area contributed by atoms with E-state index in [1.54, 1.807) is 6.08 Å². The standard InChI is InChI=1S/C11H19N3O5S/c1-14(2)20(18,19)6-5-12-11(17)13-9-4-3-8(7-9)10(15)16/h3-4,8-9H,5-7H2,1-2H3,(H,15,16)(H2,12,13,17). The van der Waals surface area contributed by atoms with E-state index in [2.05, 4.69) is 10.6 Å². The number of carboxylic acid groups (broad SMARTS) is 1. The van der Waals surface area contributed by atoms with Crippen molar-refractivity contribution in [2.45, 2.75) is 12.5 Å². The van der Waals surface area contributed by atoms with Gasteiger partial charge in [-0.1, -0.05) is 12.2 Å². The van der Waals surface area contributed by atoms with Gasteiger partial charge in [0, 0.05) is 20.6 Å². The van der Waals surface area contributed by atoms with Crippen molar-refractivity contribution in [3.05, 3.63) is 12.2 Å². The summed E-state index contributed by atoms with van der Waals surface area (Å²) in [6, 6.07) is -0.860. The summed E-state index contributed by atoms with van der Waals surface area (Å²) >= 11 is 0. The summed E-state index contributed by atoms with van der Waals surface area (Å²) in [6.07, 6.45) is 3.46. The third-order valence-corrected chi connectivity index (χ3v) is 4.75. The molecule has 2 amide bonds. The van der Waals surface area contributed by atoms with Gasteiger partial charge < -0.3 is 15.7 Å². The van der Waals surface area contributed by atoms with Crippen molar-refractivity contribution >= 4 is 22.0 Å². The molecule has 0 bridgehead atoms. The highest BCUT2D eigenvalue weighted by Gasteiger charge is 2.25. The molecule has 1 aliphatic rings. The molecule has 1 rings (SSSR count). The smallest absolute Gasteiger partial charge is 0.315 e. The number of nitrogens with zero attached hydrogens (tertiary/aromatic N) is 1. The fraction of sp³-hybridized carbons (Fsp3) is 0.636. The largest absolute Gasteiger partial charge is 0.481 e. The zero-order valence-electron chi connectivity index (χ0n) is 11.4. The molecular formula is C11H19N3O5S. The van der Waals surface area contributed by atoms with Gasteiger partial charge in [0.05, 0.1) is 17.7 Å². The molecule has 0 aromatic carbocycles. The van der Waals surface area contributed by atoms with Gasteiger partial charge in [-0.05, 0) is 6.42 Å². The molecule has 0 aliphatic heterocycles. The highest BCUT2D eigenvalue weighted by atomic mass is 32.2. The zero-order chi connectivity index (χ0) is 15.3. The highest BCUT2D eigenvalue weighted by Crippen LogP contribution is 2.17. The van der Waals surface area contributed by atoms with E-state index in [-0.39, 0.29) is 18.3 Å². The van der Waals surface area contributed by atoms with Gasteiger partial charge in [-0.2, -0.15) is 0 Å². The van der Waals surface area contributed by atoms with Crippen molar-refractivity contribution < 1.29 is 23.1 Å². The van der Waals surface area contributed by atoms with Crippen LogP contribution in [0, 0.1) is 5.92 Å². The fourth-order valence-corrected chi connectivity index (χ4v) is 2.41. The molecule has 0 saturated heterocycles. The van der Waals surface area contributed by atoms with Gasteiger partial charge in [-0.3, -0.25) is 4.79 Å². The van der Waals surface area contributed by atoms with Crippen molar-refractivity contribution in [3.8, 4) is 0 Å². The van der Waals surface area contributed by atoms with E-state index in [4.69, 9.17) is 5.11 Å². The Morgan fingerprint density at radius 2 is 2.00 bits per heavy atom. The zero-order valence-corrected chi connectivity index (χ0v) is 12.2. The minimum atomic E-state index is -3.34. The summed E-state index contributed by atoms with van der Waals surface area (Å²) in [4.78, 5) is 22.2. The Morgan fingerprint density at radius 1 is 1.35 bits per heavy atom. The molecule has 8 nitrogen and oxygen atoms in total. The lowest BCUT2D eigenvalue weighted by Crippen LogP contribution is -2.43. The van der Waals surface area contributed by atoms with E-state index < -0.39 is 27.9 Å². The molecule has 9 heteroatoms. The first-order valence-corrected chi connectivity index (χ1v) is 7.69. The van der Waals surface area contributed by atoms with E-state index in [0.717, 1.165) is 4.31 Å². The van der Waals surface area contributed by atoms with E-state index in [1.165, 1.54) is 20.2 Å². The molecule has 1 aliphatic carbocycles. The van der Waals surface area contributed by atoms with Crippen LogP contribution in [0.5, 0.6) is 0 Å². The summed E-state index contributed by atoms with van der Waals surface area (Å²) < 4.78 is 24.0. The highest BCUT2D eigenvalue weighted by molar-refractivity contribution is 7.89. The van der Waals surface area contributed by atoms with Gasteiger partial charge in [0.2, 0.25) is 10.0 Å². The van der Waals surface area contributed by atoms with Crippen LogP contribution >= 0.6 is 0 Å². The number of urea groups is 1. The number of hydrogen-bond acceptors (Lipinski definition) is 4. The van der Waals surface area contributed by atoms with Crippen molar-refractivity contribution in [2.75, 3.05) is 26.4 Å². The molecule has 0 radical (unpaired) electrons. The summed E-state index contributed by atoms with van der Waals surface area (Å²) in [5.74, 6) is -1.71. The Labute approximate surface area is 117 Å². The van der Waals surface area contributed by atoms with Crippen LogP contribution < -0.4 is 10.6 Å². The second-order valence-electron chi connectivity index (χ2n) is 4.67. The molecule has 114 valence electrons. The summed E-state index contributed by atoms with van der Waals surface area (Å²) in [5.41, 5.74) is 0. The maximum atomic E-state index is 11.5. The second-order valence-corrected chi connectivity index (χ2v) is 6.97. The van der Waals surface area contributed by atoms with E-state index in [1.807, 2.05) is 0 Å². The average Bonchev–Trinajstić information content (AvgIpc) is 2.77. The fourth-order valence-electron chi connectivity index (χ4n) is 1.68. The third kappa shape index (κ3) is 4.82. The number of nitrogens with one attached hydrogen (secondary N) is 2. The molecule has 0 saturated carbocycles. The first-order valence-electron chi connectivity index (χ1n) is 6.08. The van der Waals surface area contributed by atoms with Crippen molar-refractivity contribution in [2.24, 2.45) is 5.92 Å². The lowest BCUT2D eigenvalue weighted by Gasteiger charge is -2.14. The van der Waals surface area contributed by atoms with Gasteiger partial charge >= 0.3 is 12.0 Å². The molecule has 0 aromatic rings. The number of rotatable bonds is 6. The Balaban J connectivity index is 2.29. The maximum Gasteiger partial charge on any atom is 0.315 e. The summed E-state index contributed by atoms with van der Waals surface area (Å²) in [7, 11) is -0.499. The molecule has 20 heavy (non-hydrogen) atoms. The van der Waals surface area contributed by atoms with Crippen LogP contribution in [-0.4, -0.2) is 62.3 Å². The number of carbonyl (C=O) groups is 2. The molecule has 0 aromatic heterocycles. The van der Waals surface area contributed by atoms with Crippen LogP contribution in [0.25, 0.3) is 0 Å². The molecular weight excluding hydrogens is 286 g/mol. The average molecular weight is 305 g/mol. The van der Waals surface area contributed by atoms with E-state index in [0.29, 0.717) is 6.42 Å². The predicted molar refractivity (Wildman–Crippen MR) is 72.7 cm³/mol. The Kier molecular flexibility index (Phi) is 5.52. The van der Waals surface area contributed by atoms with Crippen LogP contribution in [0.15, 0.2) is 12.2 Å². The van der Waals surface area contributed by atoms with Gasteiger partial charge in [-0.25, -0.2) is 17.5 Å². The maximum absolute atomic E-state index is 11.5. The monoisotopic (exact) mass is 305 g/mol. The number of carboxylic acids is 1. The van der Waals surface area contributed by atoms with Crippen molar-refractivity contribution in [1.29, 1.82) is 0 Å². The number of carbonyl (C=O) groups excluding carboxylic acids is 1. The van der Waals surface area contributed by atoms with Crippen molar-refractivity contribution in [1.82, 2.24) is 14.9 Å². The first kappa shape index (κ1) is 16.4. The minimum absolute atomic E-state index is 0.00879. The molecule has 0 spiro atoms. The Hall–Kier alpha value is -1.61. The topological polar surface area (TPSA) is 116 Å². The molecule has 0 heterocycles. The van der Waals surface area contributed by atoms with E-state index >= 15 is 0 Å². The van der Waals surface area contributed by atoms with Crippen LogP contribution in [0.3, 0.4) is 0 Å². The summed E-state index contributed by atoms with van der Waals surface area (Å²) in [5, 5.41) is 13.8. The van der Waals surface area contributed by atoms with Gasteiger partial charge in [0.25, 0.3) is 0 Å². The SMILES string of the molecule is CN(C)S(=O)(=O)CCNC(=O)NC1C=CC(C(=O)O)C1. The van der Waals surface area contributed by atoms with Gasteiger partial charge in [-0.15, -0.1) is 0 Å². The molecule has 0 fully saturated rings. The van der Waals surface area contributed by atoms with Crippen LogP contribution in [0.4, 0.5) is 4.79 Å². The van der Waals surface area contributed by atoms with Crippen LogP contribution in [0.2, 0.25) is 0 Å². The Bertz CT molecular complexity index is 500. The minimum Gasteiger partial charge on any atom is -0.481 e. The van der Waals surface area contributed by atoms with Gasteiger partial charge in [0.15, 0.2) is 0 Å². The number of aliphatic carboxylic acids is 1. The molecule has 3 N–H and O–H groups in total. The second kappa shape index (κ2) is 6.71. The number of hydrogen-bond donors (Lipinski definition) is 3. The quantitative estimate of drug-likeness (QED) is 0.556. The van der Waals surface area contributed by atoms with Crippen LogP contribution in [-0.2, 0) is 14.8 Å². The van der Waals surface area contributed by atoms with Gasteiger partial charge in [0.1, 0.15) is 0 Å². The van der Waals surface area contributed by atoms with Crippen LogP contribution in [0.1, 0.15) is 6.42 Å².